The zero-order valence-electron chi connectivity index (χ0n) is 18.9. The number of hydrogen-bond acceptors (Lipinski definition) is 1. The second-order valence-corrected chi connectivity index (χ2v) is 14.6. The highest BCUT2D eigenvalue weighted by Gasteiger charge is 2.36. The fourth-order valence-corrected chi connectivity index (χ4v) is 4.28. The monoisotopic (exact) mass is 370 g/mol. The van der Waals surface area contributed by atoms with Crippen LogP contribution in [0.5, 0.6) is 0 Å². The van der Waals surface area contributed by atoms with Crippen molar-refractivity contribution in [3.05, 3.63) is 0 Å². The molecular formula is C23H50OSi. The van der Waals surface area contributed by atoms with Crippen molar-refractivity contribution in [2.45, 2.75) is 136 Å². The average molecular weight is 371 g/mol. The molecule has 0 aliphatic rings. The third-order valence-electron chi connectivity index (χ3n) is 6.14. The predicted octanol–water partition coefficient (Wildman–Crippen LogP) is 8.74. The predicted molar refractivity (Wildman–Crippen MR) is 118 cm³/mol. The van der Waals surface area contributed by atoms with Crippen LogP contribution in [0.2, 0.25) is 18.1 Å². The first kappa shape index (κ1) is 25.2. The molecule has 0 aromatic carbocycles. The molecular weight excluding hydrogens is 320 g/mol. The fourth-order valence-electron chi connectivity index (χ4n) is 3.19. The lowest BCUT2D eigenvalue weighted by molar-refractivity contribution is 0.277. The Morgan fingerprint density at radius 1 is 0.720 bits per heavy atom. The summed E-state index contributed by atoms with van der Waals surface area (Å²) < 4.78 is 6.25. The first-order chi connectivity index (χ1) is 11.7. The maximum atomic E-state index is 6.25. The molecule has 2 heteroatoms. The number of unbranched alkanes of at least 4 members (excludes halogenated alkanes) is 9. The van der Waals surface area contributed by atoms with E-state index in [4.69, 9.17) is 4.43 Å². The van der Waals surface area contributed by atoms with Crippen molar-refractivity contribution in [1.29, 1.82) is 0 Å². The Hall–Kier alpha value is 0.177. The van der Waals surface area contributed by atoms with Crippen LogP contribution in [-0.4, -0.2) is 14.9 Å². The van der Waals surface area contributed by atoms with E-state index in [2.05, 4.69) is 47.7 Å². The van der Waals surface area contributed by atoms with Gasteiger partial charge in [-0.25, -0.2) is 0 Å². The van der Waals surface area contributed by atoms with Gasteiger partial charge in [-0.2, -0.15) is 0 Å². The van der Waals surface area contributed by atoms with Crippen LogP contribution in [0.25, 0.3) is 0 Å². The van der Waals surface area contributed by atoms with Crippen LogP contribution in [0.15, 0.2) is 0 Å². The van der Waals surface area contributed by atoms with Crippen LogP contribution in [0.4, 0.5) is 0 Å². The lowest BCUT2D eigenvalue weighted by atomic mass is 9.98. The molecule has 0 aromatic heterocycles. The molecule has 0 N–H and O–H groups in total. The highest BCUT2D eigenvalue weighted by Crippen LogP contribution is 2.36. The summed E-state index contributed by atoms with van der Waals surface area (Å²) in [5.74, 6) is 0.950. The van der Waals surface area contributed by atoms with E-state index in [1.807, 2.05) is 0 Å². The minimum Gasteiger partial charge on any atom is -0.417 e. The number of hydrogen-bond donors (Lipinski definition) is 0. The first-order valence-corrected chi connectivity index (χ1v) is 14.3. The highest BCUT2D eigenvalue weighted by atomic mass is 28.4. The molecule has 25 heavy (non-hydrogen) atoms. The van der Waals surface area contributed by atoms with Gasteiger partial charge in [-0.1, -0.05) is 112 Å². The first-order valence-electron chi connectivity index (χ1n) is 11.3. The number of rotatable bonds is 16. The summed E-state index contributed by atoms with van der Waals surface area (Å²) in [6.45, 7) is 17.4. The third kappa shape index (κ3) is 14.0. The van der Waals surface area contributed by atoms with Crippen LogP contribution in [0.3, 0.4) is 0 Å². The van der Waals surface area contributed by atoms with Gasteiger partial charge in [0, 0.05) is 6.61 Å². The molecule has 0 aromatic rings. The van der Waals surface area contributed by atoms with Crippen LogP contribution >= 0.6 is 0 Å². The molecule has 0 amide bonds. The lowest BCUT2D eigenvalue weighted by Crippen LogP contribution is -2.40. The normalized spacial score (nSPS) is 14.0. The molecule has 0 fully saturated rings. The Balaban J connectivity index is 3.30. The van der Waals surface area contributed by atoms with Crippen LogP contribution in [0.1, 0.15) is 118 Å². The van der Waals surface area contributed by atoms with Crippen molar-refractivity contribution >= 4 is 8.32 Å². The fraction of sp³-hybridized carbons (Fsp3) is 1.00. The minimum atomic E-state index is -1.51. The maximum absolute atomic E-state index is 6.25. The van der Waals surface area contributed by atoms with Crippen molar-refractivity contribution in [1.82, 2.24) is 0 Å². The minimum absolute atomic E-state index is 0.348. The van der Waals surface area contributed by atoms with Crippen LogP contribution < -0.4 is 0 Å². The molecule has 0 aliphatic carbocycles. The van der Waals surface area contributed by atoms with Crippen molar-refractivity contribution in [3.63, 3.8) is 0 Å². The van der Waals surface area contributed by atoms with E-state index in [1.165, 1.54) is 83.5 Å². The van der Waals surface area contributed by atoms with E-state index in [1.54, 1.807) is 0 Å². The summed E-state index contributed by atoms with van der Waals surface area (Å²) in [5.41, 5.74) is 0. The van der Waals surface area contributed by atoms with Gasteiger partial charge in [0.15, 0.2) is 8.32 Å². The Kier molecular flexibility index (Phi) is 14.4. The molecule has 152 valence electrons. The van der Waals surface area contributed by atoms with Gasteiger partial charge in [0.25, 0.3) is 0 Å². The van der Waals surface area contributed by atoms with Gasteiger partial charge in [0.1, 0.15) is 0 Å². The summed E-state index contributed by atoms with van der Waals surface area (Å²) in [4.78, 5) is 0. The van der Waals surface area contributed by atoms with Crippen molar-refractivity contribution in [2.24, 2.45) is 5.92 Å². The molecule has 0 saturated heterocycles. The highest BCUT2D eigenvalue weighted by molar-refractivity contribution is 6.74. The molecule has 0 spiro atoms. The molecule has 0 bridgehead atoms. The van der Waals surface area contributed by atoms with E-state index < -0.39 is 8.32 Å². The zero-order valence-corrected chi connectivity index (χ0v) is 19.9. The van der Waals surface area contributed by atoms with Crippen LogP contribution in [0, 0.1) is 5.92 Å². The van der Waals surface area contributed by atoms with E-state index in [-0.39, 0.29) is 0 Å². The summed E-state index contributed by atoms with van der Waals surface area (Å²) in [6.07, 6.45) is 18.4. The Morgan fingerprint density at radius 3 is 1.60 bits per heavy atom. The van der Waals surface area contributed by atoms with Gasteiger partial charge in [0.2, 0.25) is 0 Å². The Labute approximate surface area is 161 Å². The standard InChI is InChI=1S/C23H50OSi/c1-8-19-22(2)20-17-15-13-11-9-10-12-14-16-18-21-24-25(6,7)23(3,4)5/h22H,8-21H2,1-7H3. The molecule has 1 atom stereocenters. The molecule has 1 unspecified atom stereocenters. The van der Waals surface area contributed by atoms with E-state index in [0.717, 1.165) is 12.5 Å². The summed E-state index contributed by atoms with van der Waals surface area (Å²) in [7, 11) is -1.51. The second kappa shape index (κ2) is 14.3. The van der Waals surface area contributed by atoms with Gasteiger partial charge in [-0.3, -0.25) is 0 Å². The summed E-state index contributed by atoms with van der Waals surface area (Å²) >= 11 is 0. The molecule has 0 aliphatic heterocycles. The smallest absolute Gasteiger partial charge is 0.191 e. The Morgan fingerprint density at radius 2 is 1.16 bits per heavy atom. The topological polar surface area (TPSA) is 9.23 Å². The SMILES string of the molecule is CCCC(C)CCCCCCCCCCCCO[Si](C)(C)C(C)(C)C. The Bertz CT molecular complexity index is 293. The van der Waals surface area contributed by atoms with E-state index in [9.17, 15) is 0 Å². The zero-order chi connectivity index (χ0) is 19.2. The lowest BCUT2D eigenvalue weighted by Gasteiger charge is -2.36. The van der Waals surface area contributed by atoms with Gasteiger partial charge < -0.3 is 4.43 Å². The average Bonchev–Trinajstić information content (AvgIpc) is 2.51. The molecule has 0 heterocycles. The largest absolute Gasteiger partial charge is 0.417 e. The molecule has 0 saturated carbocycles. The quantitative estimate of drug-likeness (QED) is 0.195. The van der Waals surface area contributed by atoms with Crippen molar-refractivity contribution in [3.8, 4) is 0 Å². The maximum Gasteiger partial charge on any atom is 0.191 e. The van der Waals surface area contributed by atoms with Gasteiger partial charge in [-0.05, 0) is 30.5 Å². The summed E-state index contributed by atoms with van der Waals surface area (Å²) in [6, 6.07) is 0. The second-order valence-electron chi connectivity index (χ2n) is 9.83. The van der Waals surface area contributed by atoms with E-state index >= 15 is 0 Å². The van der Waals surface area contributed by atoms with Crippen molar-refractivity contribution < 1.29 is 4.43 Å². The van der Waals surface area contributed by atoms with Crippen LogP contribution in [-0.2, 0) is 4.43 Å². The van der Waals surface area contributed by atoms with Crippen molar-refractivity contribution in [2.75, 3.05) is 6.61 Å². The molecule has 1 nitrogen and oxygen atoms in total. The molecule has 0 rings (SSSR count). The van der Waals surface area contributed by atoms with Gasteiger partial charge in [-0.15, -0.1) is 0 Å². The van der Waals surface area contributed by atoms with Gasteiger partial charge >= 0.3 is 0 Å². The van der Waals surface area contributed by atoms with Gasteiger partial charge in [0.05, 0.1) is 0 Å². The third-order valence-corrected chi connectivity index (χ3v) is 10.7. The molecule has 0 radical (unpaired) electrons. The van der Waals surface area contributed by atoms with E-state index in [0.29, 0.717) is 5.04 Å². The summed E-state index contributed by atoms with van der Waals surface area (Å²) in [5, 5.41) is 0.348.